The van der Waals surface area contributed by atoms with Crippen molar-refractivity contribution in [1.82, 2.24) is 4.98 Å². The summed E-state index contributed by atoms with van der Waals surface area (Å²) >= 11 is 1.66. The number of carbonyl (C=O) groups is 1. The number of nitrogens with zero attached hydrogens (tertiary/aromatic N) is 1. The Morgan fingerprint density at radius 1 is 1.44 bits per heavy atom. The standard InChI is InChI=1S/C12H12N2OS/c1-8(12(13)15)10-5-4-9(7-14-10)11-3-2-6-16-11/h2-8H,1H3,(H2,13,15). The Balaban J connectivity index is 2.26. The monoisotopic (exact) mass is 232 g/mol. The molecule has 0 spiro atoms. The fourth-order valence-corrected chi connectivity index (χ4v) is 2.11. The lowest BCUT2D eigenvalue weighted by Crippen LogP contribution is -2.19. The molecule has 0 aliphatic heterocycles. The molecule has 16 heavy (non-hydrogen) atoms. The Morgan fingerprint density at radius 2 is 2.25 bits per heavy atom. The van der Waals surface area contributed by atoms with E-state index in [0.717, 1.165) is 5.56 Å². The number of hydrogen-bond donors (Lipinski definition) is 1. The number of hydrogen-bond acceptors (Lipinski definition) is 3. The van der Waals surface area contributed by atoms with Crippen LogP contribution in [-0.2, 0) is 4.79 Å². The highest BCUT2D eigenvalue weighted by Gasteiger charge is 2.12. The predicted molar refractivity (Wildman–Crippen MR) is 65.2 cm³/mol. The smallest absolute Gasteiger partial charge is 0.226 e. The molecule has 2 aromatic rings. The van der Waals surface area contributed by atoms with Gasteiger partial charge in [-0.1, -0.05) is 12.1 Å². The van der Waals surface area contributed by atoms with E-state index in [2.05, 4.69) is 4.98 Å². The third kappa shape index (κ3) is 2.12. The summed E-state index contributed by atoms with van der Waals surface area (Å²) in [7, 11) is 0. The molecular formula is C12H12N2OS. The molecule has 0 aliphatic rings. The first-order valence-corrected chi connectivity index (χ1v) is 5.85. The van der Waals surface area contributed by atoms with Gasteiger partial charge in [-0.25, -0.2) is 0 Å². The maximum atomic E-state index is 11.0. The zero-order chi connectivity index (χ0) is 11.5. The summed E-state index contributed by atoms with van der Waals surface area (Å²) in [6.07, 6.45) is 1.78. The van der Waals surface area contributed by atoms with Gasteiger partial charge in [0.05, 0.1) is 11.6 Å². The van der Waals surface area contributed by atoms with Crippen molar-refractivity contribution in [2.75, 3.05) is 0 Å². The van der Waals surface area contributed by atoms with Crippen LogP contribution >= 0.6 is 11.3 Å². The quantitative estimate of drug-likeness (QED) is 0.883. The van der Waals surface area contributed by atoms with Gasteiger partial charge in [-0.2, -0.15) is 0 Å². The van der Waals surface area contributed by atoms with Gasteiger partial charge < -0.3 is 5.73 Å². The van der Waals surface area contributed by atoms with Gasteiger partial charge in [-0.05, 0) is 24.4 Å². The Kier molecular flexibility index (Phi) is 3.01. The molecule has 4 heteroatoms. The van der Waals surface area contributed by atoms with Crippen LogP contribution in [0, 0.1) is 0 Å². The summed E-state index contributed by atoms with van der Waals surface area (Å²) in [4.78, 5) is 16.4. The van der Waals surface area contributed by atoms with E-state index < -0.39 is 0 Å². The van der Waals surface area contributed by atoms with E-state index in [4.69, 9.17) is 5.73 Å². The van der Waals surface area contributed by atoms with E-state index in [1.165, 1.54) is 4.88 Å². The highest BCUT2D eigenvalue weighted by atomic mass is 32.1. The number of carbonyl (C=O) groups excluding carboxylic acids is 1. The van der Waals surface area contributed by atoms with Gasteiger partial charge in [0.1, 0.15) is 0 Å². The lowest BCUT2D eigenvalue weighted by molar-refractivity contribution is -0.119. The topological polar surface area (TPSA) is 56.0 Å². The Hall–Kier alpha value is -1.68. The normalized spacial score (nSPS) is 12.3. The number of primary amides is 1. The minimum Gasteiger partial charge on any atom is -0.369 e. The molecule has 0 aliphatic carbocycles. The van der Waals surface area contributed by atoms with Gasteiger partial charge in [0, 0.05) is 16.6 Å². The second kappa shape index (κ2) is 4.45. The summed E-state index contributed by atoms with van der Waals surface area (Å²) in [6.45, 7) is 1.76. The van der Waals surface area contributed by atoms with Crippen molar-refractivity contribution in [1.29, 1.82) is 0 Å². The third-order valence-electron chi connectivity index (χ3n) is 2.46. The lowest BCUT2D eigenvalue weighted by atomic mass is 10.1. The zero-order valence-electron chi connectivity index (χ0n) is 8.88. The number of pyridine rings is 1. The molecule has 0 bridgehead atoms. The molecular weight excluding hydrogens is 220 g/mol. The first-order valence-electron chi connectivity index (χ1n) is 4.97. The molecule has 2 N–H and O–H groups in total. The van der Waals surface area contributed by atoms with Crippen LogP contribution in [0.1, 0.15) is 18.5 Å². The van der Waals surface area contributed by atoms with Gasteiger partial charge in [0.15, 0.2) is 0 Å². The molecule has 0 aromatic carbocycles. The summed E-state index contributed by atoms with van der Waals surface area (Å²) in [5.41, 5.74) is 7.00. The predicted octanol–water partition coefficient (Wildman–Crippen LogP) is 2.40. The number of aromatic nitrogens is 1. The lowest BCUT2D eigenvalue weighted by Gasteiger charge is -2.06. The van der Waals surface area contributed by atoms with Crippen molar-refractivity contribution in [3.05, 3.63) is 41.5 Å². The van der Waals surface area contributed by atoms with Crippen LogP contribution in [-0.4, -0.2) is 10.9 Å². The summed E-state index contributed by atoms with van der Waals surface area (Å²) in [5.74, 6) is -0.686. The molecule has 0 fully saturated rings. The Morgan fingerprint density at radius 3 is 2.75 bits per heavy atom. The van der Waals surface area contributed by atoms with Gasteiger partial charge >= 0.3 is 0 Å². The summed E-state index contributed by atoms with van der Waals surface area (Å²) in [5, 5.41) is 2.02. The van der Waals surface area contributed by atoms with E-state index in [1.807, 2.05) is 29.6 Å². The first kappa shape index (κ1) is 10.8. The van der Waals surface area contributed by atoms with E-state index in [9.17, 15) is 4.79 Å². The molecule has 0 saturated carbocycles. The number of amides is 1. The average Bonchev–Trinajstić information content (AvgIpc) is 2.81. The van der Waals surface area contributed by atoms with Crippen LogP contribution in [0.3, 0.4) is 0 Å². The number of rotatable bonds is 3. The van der Waals surface area contributed by atoms with Gasteiger partial charge in [-0.3, -0.25) is 9.78 Å². The van der Waals surface area contributed by atoms with Crippen molar-refractivity contribution in [3.63, 3.8) is 0 Å². The van der Waals surface area contributed by atoms with Crippen LogP contribution < -0.4 is 5.73 Å². The molecule has 1 amide bonds. The van der Waals surface area contributed by atoms with Crippen molar-refractivity contribution in [2.45, 2.75) is 12.8 Å². The molecule has 1 unspecified atom stereocenters. The number of thiophene rings is 1. The van der Waals surface area contributed by atoms with E-state index in [0.29, 0.717) is 5.69 Å². The summed E-state index contributed by atoms with van der Waals surface area (Å²) in [6, 6.07) is 7.86. The highest BCUT2D eigenvalue weighted by molar-refractivity contribution is 7.13. The largest absolute Gasteiger partial charge is 0.369 e. The van der Waals surface area contributed by atoms with E-state index >= 15 is 0 Å². The minimum absolute atomic E-state index is 0.336. The Bertz CT molecular complexity index is 476. The average molecular weight is 232 g/mol. The maximum Gasteiger partial charge on any atom is 0.226 e. The third-order valence-corrected chi connectivity index (χ3v) is 3.38. The molecule has 82 valence electrons. The van der Waals surface area contributed by atoms with Gasteiger partial charge in [-0.15, -0.1) is 11.3 Å². The van der Waals surface area contributed by atoms with Gasteiger partial charge in [0.2, 0.25) is 5.91 Å². The van der Waals surface area contributed by atoms with E-state index in [-0.39, 0.29) is 11.8 Å². The highest BCUT2D eigenvalue weighted by Crippen LogP contribution is 2.24. The summed E-state index contributed by atoms with van der Waals surface area (Å²) < 4.78 is 0. The van der Waals surface area contributed by atoms with Crippen LogP contribution in [0.25, 0.3) is 10.4 Å². The maximum absolute atomic E-state index is 11.0. The molecule has 2 rings (SSSR count). The van der Waals surface area contributed by atoms with Crippen LogP contribution in [0.2, 0.25) is 0 Å². The first-order chi connectivity index (χ1) is 7.68. The zero-order valence-corrected chi connectivity index (χ0v) is 9.70. The van der Waals surface area contributed by atoms with Crippen molar-refractivity contribution in [2.24, 2.45) is 5.73 Å². The molecule has 0 radical (unpaired) electrons. The second-order valence-electron chi connectivity index (χ2n) is 3.57. The second-order valence-corrected chi connectivity index (χ2v) is 4.52. The SMILES string of the molecule is CC(C(N)=O)c1ccc(-c2cccs2)cn1. The molecule has 1 atom stereocenters. The van der Waals surface area contributed by atoms with Gasteiger partial charge in [0.25, 0.3) is 0 Å². The minimum atomic E-state index is -0.351. The van der Waals surface area contributed by atoms with Crippen molar-refractivity contribution < 1.29 is 4.79 Å². The molecule has 3 nitrogen and oxygen atoms in total. The fraction of sp³-hybridized carbons (Fsp3) is 0.167. The van der Waals surface area contributed by atoms with Crippen molar-refractivity contribution in [3.8, 4) is 10.4 Å². The molecule has 2 heterocycles. The van der Waals surface area contributed by atoms with E-state index in [1.54, 1.807) is 24.5 Å². The van der Waals surface area contributed by atoms with Crippen LogP contribution in [0.4, 0.5) is 0 Å². The van der Waals surface area contributed by atoms with Crippen LogP contribution in [0.15, 0.2) is 35.8 Å². The number of nitrogens with two attached hydrogens (primary N) is 1. The van der Waals surface area contributed by atoms with Crippen LogP contribution in [0.5, 0.6) is 0 Å². The Labute approximate surface area is 97.9 Å². The van der Waals surface area contributed by atoms with Crippen molar-refractivity contribution >= 4 is 17.2 Å². The fourth-order valence-electron chi connectivity index (χ4n) is 1.40. The molecule has 0 saturated heterocycles. The molecule has 2 aromatic heterocycles.